The zero-order valence-corrected chi connectivity index (χ0v) is 5.93. The molecule has 0 aliphatic heterocycles. The van der Waals surface area contributed by atoms with Gasteiger partial charge in [-0.15, -0.1) is 5.10 Å². The number of nitrogens with zero attached hydrogens (tertiary/aromatic N) is 1. The number of carbonyl (C=O) groups excluding carboxylic acids is 1. The second-order valence-corrected chi connectivity index (χ2v) is 1.82. The van der Waals surface area contributed by atoms with Gasteiger partial charge in [0.1, 0.15) is 5.69 Å². The maximum atomic E-state index is 12.2. The van der Waals surface area contributed by atoms with Crippen molar-refractivity contribution >= 4 is 5.97 Å². The predicted octanol–water partition coefficient (Wildman–Crippen LogP) is 0.726. The minimum absolute atomic E-state index is 0.0318. The smallest absolute Gasteiger partial charge is 0.356 e. The fraction of sp³-hybridized carbons (Fsp3) is 0.333. The van der Waals surface area contributed by atoms with E-state index in [4.69, 9.17) is 0 Å². The van der Waals surface area contributed by atoms with E-state index in [0.29, 0.717) is 0 Å². The highest BCUT2D eigenvalue weighted by molar-refractivity contribution is 5.86. The van der Waals surface area contributed by atoms with Crippen molar-refractivity contribution in [3.63, 3.8) is 0 Å². The van der Waals surface area contributed by atoms with Crippen LogP contribution in [-0.4, -0.2) is 22.8 Å². The Morgan fingerprint density at radius 2 is 2.64 bits per heavy atom. The molecule has 0 amide bonds. The molecule has 0 aliphatic rings. The van der Waals surface area contributed by atoms with Crippen molar-refractivity contribution in [2.24, 2.45) is 0 Å². The molecule has 0 unspecified atom stereocenters. The number of hydrogen-bond acceptors (Lipinski definition) is 3. The topological polar surface area (TPSA) is 55.0 Å². The van der Waals surface area contributed by atoms with Gasteiger partial charge >= 0.3 is 5.97 Å². The van der Waals surface area contributed by atoms with E-state index in [1.165, 1.54) is 0 Å². The molecule has 1 aromatic heterocycles. The average molecular weight is 158 g/mol. The molecule has 0 aromatic carbocycles. The van der Waals surface area contributed by atoms with E-state index in [0.717, 1.165) is 6.07 Å². The molecule has 1 rings (SSSR count). The summed E-state index contributed by atoms with van der Waals surface area (Å²) < 4.78 is 16.7. The van der Waals surface area contributed by atoms with E-state index in [9.17, 15) is 9.18 Å². The van der Waals surface area contributed by atoms with Gasteiger partial charge in [0, 0.05) is 6.07 Å². The fourth-order valence-corrected chi connectivity index (χ4v) is 0.611. The fourth-order valence-electron chi connectivity index (χ4n) is 0.611. The van der Waals surface area contributed by atoms with Crippen molar-refractivity contribution in [2.75, 3.05) is 6.61 Å². The number of aromatic amines is 1. The lowest BCUT2D eigenvalue weighted by molar-refractivity contribution is 0.0519. The number of aromatic nitrogens is 2. The van der Waals surface area contributed by atoms with E-state index in [2.05, 4.69) is 14.9 Å². The van der Waals surface area contributed by atoms with Crippen LogP contribution in [0.25, 0.3) is 0 Å². The van der Waals surface area contributed by atoms with Crippen LogP contribution < -0.4 is 0 Å². The Morgan fingerprint density at radius 1 is 1.91 bits per heavy atom. The Labute approximate surface area is 62.4 Å². The first-order chi connectivity index (χ1) is 5.24. The Hall–Kier alpha value is -1.39. The molecule has 60 valence electrons. The third kappa shape index (κ3) is 1.76. The quantitative estimate of drug-likeness (QED) is 0.645. The molecular weight excluding hydrogens is 151 g/mol. The summed E-state index contributed by atoms with van der Waals surface area (Å²) in [4.78, 5) is 10.8. The van der Waals surface area contributed by atoms with Crippen molar-refractivity contribution in [3.8, 4) is 0 Å². The Bertz CT molecular complexity index is 259. The van der Waals surface area contributed by atoms with Gasteiger partial charge in [-0.05, 0) is 6.92 Å². The molecule has 1 heterocycles. The lowest BCUT2D eigenvalue weighted by Crippen LogP contribution is -2.04. The van der Waals surface area contributed by atoms with E-state index >= 15 is 0 Å². The van der Waals surface area contributed by atoms with Gasteiger partial charge in [0.25, 0.3) is 0 Å². The molecule has 1 aromatic rings. The number of H-pyrrole nitrogens is 1. The Morgan fingerprint density at radius 3 is 3.09 bits per heavy atom. The largest absolute Gasteiger partial charge is 0.461 e. The highest BCUT2D eigenvalue weighted by Crippen LogP contribution is 1.98. The van der Waals surface area contributed by atoms with E-state index in [1.807, 2.05) is 0 Å². The van der Waals surface area contributed by atoms with Gasteiger partial charge in [0.2, 0.25) is 5.95 Å². The van der Waals surface area contributed by atoms with Gasteiger partial charge < -0.3 is 4.74 Å². The summed E-state index contributed by atoms with van der Waals surface area (Å²) in [5, 5.41) is 5.32. The maximum absolute atomic E-state index is 12.2. The number of rotatable bonds is 2. The van der Waals surface area contributed by atoms with Crippen LogP contribution in [0.3, 0.4) is 0 Å². The molecule has 0 spiro atoms. The van der Waals surface area contributed by atoms with Crippen molar-refractivity contribution in [1.29, 1.82) is 0 Å². The van der Waals surface area contributed by atoms with Crippen LogP contribution >= 0.6 is 0 Å². The highest BCUT2D eigenvalue weighted by atomic mass is 19.1. The summed E-state index contributed by atoms with van der Waals surface area (Å²) in [5.74, 6) is -1.31. The van der Waals surface area contributed by atoms with Crippen molar-refractivity contribution in [3.05, 3.63) is 17.7 Å². The number of hydrogen-bond donors (Lipinski definition) is 1. The minimum Gasteiger partial charge on any atom is -0.461 e. The van der Waals surface area contributed by atoms with Crippen molar-refractivity contribution < 1.29 is 13.9 Å². The zero-order chi connectivity index (χ0) is 8.27. The Balaban J connectivity index is 2.69. The first-order valence-electron chi connectivity index (χ1n) is 3.12. The summed E-state index contributed by atoms with van der Waals surface area (Å²) in [6.07, 6.45) is 0. The predicted molar refractivity (Wildman–Crippen MR) is 34.5 cm³/mol. The lowest BCUT2D eigenvalue weighted by atomic mass is 10.4. The van der Waals surface area contributed by atoms with E-state index in [1.54, 1.807) is 6.92 Å². The van der Waals surface area contributed by atoms with Crippen LogP contribution in [0.4, 0.5) is 4.39 Å². The van der Waals surface area contributed by atoms with Crippen LogP contribution in [0.2, 0.25) is 0 Å². The van der Waals surface area contributed by atoms with Crippen LogP contribution in [-0.2, 0) is 4.74 Å². The number of ether oxygens (including phenoxy) is 1. The molecule has 5 heteroatoms. The highest BCUT2D eigenvalue weighted by Gasteiger charge is 2.09. The van der Waals surface area contributed by atoms with Crippen LogP contribution in [0.5, 0.6) is 0 Å². The third-order valence-electron chi connectivity index (χ3n) is 1.04. The molecule has 0 aliphatic carbocycles. The summed E-state index contributed by atoms with van der Waals surface area (Å²) in [6.45, 7) is 1.93. The monoisotopic (exact) mass is 158 g/mol. The van der Waals surface area contributed by atoms with Gasteiger partial charge in [-0.3, -0.25) is 5.10 Å². The van der Waals surface area contributed by atoms with Crippen LogP contribution in [0.15, 0.2) is 6.07 Å². The lowest BCUT2D eigenvalue weighted by Gasteiger charge is -1.95. The molecule has 0 saturated carbocycles. The van der Waals surface area contributed by atoms with Crippen molar-refractivity contribution in [2.45, 2.75) is 6.92 Å². The number of halogens is 1. The van der Waals surface area contributed by atoms with E-state index in [-0.39, 0.29) is 12.3 Å². The van der Waals surface area contributed by atoms with Gasteiger partial charge in [0.15, 0.2) is 0 Å². The normalized spacial score (nSPS) is 9.64. The number of esters is 1. The summed E-state index contributed by atoms with van der Waals surface area (Å²) >= 11 is 0. The standard InChI is InChI=1S/C6H7FN2O2/c1-2-11-6(10)4-3-5(7)9-8-4/h3H,2H2,1H3,(H,8,9). The average Bonchev–Trinajstić information content (AvgIpc) is 2.36. The van der Waals surface area contributed by atoms with Crippen LogP contribution in [0.1, 0.15) is 17.4 Å². The number of nitrogens with one attached hydrogen (secondary N) is 1. The second kappa shape index (κ2) is 3.14. The summed E-state index contributed by atoms with van der Waals surface area (Å²) in [6, 6.07) is 0.984. The molecule has 0 fully saturated rings. The molecule has 11 heavy (non-hydrogen) atoms. The molecule has 0 bridgehead atoms. The molecular formula is C6H7FN2O2. The van der Waals surface area contributed by atoms with Gasteiger partial charge in [-0.1, -0.05) is 0 Å². The second-order valence-electron chi connectivity index (χ2n) is 1.82. The molecule has 1 N–H and O–H groups in total. The first kappa shape index (κ1) is 7.71. The summed E-state index contributed by atoms with van der Waals surface area (Å²) in [5.41, 5.74) is 0.0318. The molecule has 4 nitrogen and oxygen atoms in total. The Kier molecular flexibility index (Phi) is 2.20. The van der Waals surface area contributed by atoms with E-state index < -0.39 is 11.9 Å². The molecule has 0 saturated heterocycles. The maximum Gasteiger partial charge on any atom is 0.356 e. The molecule has 0 radical (unpaired) electrons. The molecule has 0 atom stereocenters. The number of carbonyl (C=O) groups is 1. The first-order valence-corrected chi connectivity index (χ1v) is 3.12. The summed E-state index contributed by atoms with van der Waals surface area (Å²) in [7, 11) is 0. The zero-order valence-electron chi connectivity index (χ0n) is 5.93. The SMILES string of the molecule is CCOC(=O)c1cc(F)n[nH]1. The van der Waals surface area contributed by atoms with Gasteiger partial charge in [0.05, 0.1) is 6.61 Å². The minimum atomic E-state index is -0.715. The third-order valence-corrected chi connectivity index (χ3v) is 1.04. The van der Waals surface area contributed by atoms with Gasteiger partial charge in [-0.2, -0.15) is 4.39 Å². The van der Waals surface area contributed by atoms with Crippen molar-refractivity contribution in [1.82, 2.24) is 10.2 Å². The van der Waals surface area contributed by atoms with Crippen LogP contribution in [0, 0.1) is 5.95 Å². The van der Waals surface area contributed by atoms with Gasteiger partial charge in [-0.25, -0.2) is 4.79 Å².